The van der Waals surface area contributed by atoms with Crippen LogP contribution in [0.25, 0.3) is 0 Å². The third kappa shape index (κ3) is 3.55. The molecular formula is C11H11Cl3O2. The topological polar surface area (TPSA) is 26.3 Å². The average Bonchev–Trinajstić information content (AvgIpc) is 2.23. The highest BCUT2D eigenvalue weighted by atomic mass is 35.5. The van der Waals surface area contributed by atoms with Crippen molar-refractivity contribution in [3.05, 3.63) is 33.3 Å². The summed E-state index contributed by atoms with van der Waals surface area (Å²) in [5.41, 5.74) is 1.40. The molecule has 1 aromatic rings. The molecule has 0 saturated carbocycles. The predicted octanol–water partition coefficient (Wildman–Crippen LogP) is 3.84. The Morgan fingerprint density at radius 3 is 2.38 bits per heavy atom. The maximum Gasteiger partial charge on any atom is 0.310 e. The summed E-state index contributed by atoms with van der Waals surface area (Å²) in [6, 6.07) is 3.32. The fourth-order valence-electron chi connectivity index (χ4n) is 1.23. The molecule has 0 aliphatic rings. The fourth-order valence-corrected chi connectivity index (χ4v) is 2.03. The van der Waals surface area contributed by atoms with Gasteiger partial charge in [-0.3, -0.25) is 4.79 Å². The lowest BCUT2D eigenvalue weighted by atomic mass is 10.1. The second-order valence-corrected chi connectivity index (χ2v) is 4.23. The maximum absolute atomic E-state index is 11.3. The van der Waals surface area contributed by atoms with Crippen molar-refractivity contribution >= 4 is 40.8 Å². The second-order valence-electron chi connectivity index (χ2n) is 3.15. The molecule has 0 amide bonds. The Morgan fingerprint density at radius 2 is 1.81 bits per heavy atom. The van der Waals surface area contributed by atoms with Crippen molar-refractivity contribution in [1.29, 1.82) is 0 Å². The van der Waals surface area contributed by atoms with Gasteiger partial charge < -0.3 is 4.74 Å². The van der Waals surface area contributed by atoms with Gasteiger partial charge in [-0.1, -0.05) is 23.2 Å². The summed E-state index contributed by atoms with van der Waals surface area (Å²) in [5, 5.41) is 0.992. The number of hydrogen-bond donors (Lipinski definition) is 0. The first-order chi connectivity index (χ1) is 7.58. The zero-order chi connectivity index (χ0) is 12.1. The number of rotatable bonds is 4. The molecule has 0 heterocycles. The van der Waals surface area contributed by atoms with Crippen LogP contribution in [0.3, 0.4) is 0 Å². The highest BCUT2D eigenvalue weighted by molar-refractivity contribution is 6.35. The third-order valence-electron chi connectivity index (χ3n) is 2.00. The van der Waals surface area contributed by atoms with Crippen molar-refractivity contribution in [3.8, 4) is 0 Å². The quantitative estimate of drug-likeness (QED) is 0.619. The molecule has 16 heavy (non-hydrogen) atoms. The lowest BCUT2D eigenvalue weighted by Gasteiger charge is -2.07. The molecule has 1 rings (SSSR count). The Hall–Kier alpha value is -0.440. The molecule has 0 radical (unpaired) electrons. The van der Waals surface area contributed by atoms with E-state index in [1.165, 1.54) is 0 Å². The van der Waals surface area contributed by atoms with Gasteiger partial charge in [-0.2, -0.15) is 0 Å². The summed E-state index contributed by atoms with van der Waals surface area (Å²) in [6.07, 6.45) is 0.120. The summed E-state index contributed by atoms with van der Waals surface area (Å²) in [6.45, 7) is 2.10. The van der Waals surface area contributed by atoms with E-state index in [9.17, 15) is 4.79 Å². The van der Waals surface area contributed by atoms with Gasteiger partial charge in [0, 0.05) is 15.9 Å². The van der Waals surface area contributed by atoms with Gasteiger partial charge in [-0.05, 0) is 30.2 Å². The van der Waals surface area contributed by atoms with Gasteiger partial charge >= 0.3 is 5.97 Å². The van der Waals surface area contributed by atoms with Crippen LogP contribution in [0.15, 0.2) is 12.1 Å². The van der Waals surface area contributed by atoms with E-state index in [0.29, 0.717) is 22.2 Å². The van der Waals surface area contributed by atoms with Crippen LogP contribution >= 0.6 is 34.8 Å². The van der Waals surface area contributed by atoms with E-state index in [0.717, 1.165) is 5.56 Å². The van der Waals surface area contributed by atoms with Crippen LogP contribution in [0.4, 0.5) is 0 Å². The number of carbonyl (C=O) groups excluding carboxylic acids is 1. The first-order valence-electron chi connectivity index (χ1n) is 4.76. The van der Waals surface area contributed by atoms with Gasteiger partial charge in [0.1, 0.15) is 0 Å². The zero-order valence-corrected chi connectivity index (χ0v) is 11.0. The van der Waals surface area contributed by atoms with Gasteiger partial charge in [0.25, 0.3) is 0 Å². The Morgan fingerprint density at radius 1 is 1.25 bits per heavy atom. The second kappa shape index (κ2) is 6.33. The van der Waals surface area contributed by atoms with E-state index in [1.54, 1.807) is 19.1 Å². The Bertz CT molecular complexity index is 391. The van der Waals surface area contributed by atoms with Gasteiger partial charge in [-0.25, -0.2) is 0 Å². The first kappa shape index (κ1) is 13.6. The normalized spacial score (nSPS) is 10.2. The summed E-state index contributed by atoms with van der Waals surface area (Å²) in [5.74, 6) is -0.0304. The molecule has 0 atom stereocenters. The van der Waals surface area contributed by atoms with E-state index >= 15 is 0 Å². The van der Waals surface area contributed by atoms with E-state index in [2.05, 4.69) is 0 Å². The van der Waals surface area contributed by atoms with Crippen LogP contribution in [-0.4, -0.2) is 12.6 Å². The number of alkyl halides is 1. The highest BCUT2D eigenvalue weighted by Crippen LogP contribution is 2.27. The average molecular weight is 282 g/mol. The monoisotopic (exact) mass is 280 g/mol. The largest absolute Gasteiger partial charge is 0.466 e. The van der Waals surface area contributed by atoms with E-state index < -0.39 is 0 Å². The summed E-state index contributed by atoms with van der Waals surface area (Å²) in [7, 11) is 0. The van der Waals surface area contributed by atoms with Crippen molar-refractivity contribution < 1.29 is 9.53 Å². The van der Waals surface area contributed by atoms with Gasteiger partial charge in [0.05, 0.1) is 13.0 Å². The Kier molecular flexibility index (Phi) is 5.39. The van der Waals surface area contributed by atoms with Crippen molar-refractivity contribution in [1.82, 2.24) is 0 Å². The molecule has 1 aromatic carbocycles. The lowest BCUT2D eigenvalue weighted by Crippen LogP contribution is -2.08. The molecule has 0 unspecified atom stereocenters. The van der Waals surface area contributed by atoms with Gasteiger partial charge in [0.2, 0.25) is 0 Å². The van der Waals surface area contributed by atoms with Crippen LogP contribution in [0.5, 0.6) is 0 Å². The molecule has 0 spiro atoms. The van der Waals surface area contributed by atoms with Crippen LogP contribution in [0.1, 0.15) is 18.1 Å². The number of esters is 1. The Labute approximate surface area is 109 Å². The number of hydrogen-bond acceptors (Lipinski definition) is 2. The molecule has 5 heteroatoms. The van der Waals surface area contributed by atoms with E-state index in [4.69, 9.17) is 39.5 Å². The molecular weight excluding hydrogens is 270 g/mol. The Balaban J connectivity index is 2.89. The summed E-state index contributed by atoms with van der Waals surface area (Å²) < 4.78 is 4.83. The standard InChI is InChI=1S/C11H11Cl3O2/c1-2-16-11(15)5-7-3-10(14)8(6-12)4-9(7)13/h3-4H,2,5-6H2,1H3. The van der Waals surface area contributed by atoms with Gasteiger partial charge in [0.15, 0.2) is 0 Å². The van der Waals surface area contributed by atoms with Crippen LogP contribution in [-0.2, 0) is 21.8 Å². The SMILES string of the molecule is CCOC(=O)Cc1cc(Cl)c(CCl)cc1Cl. The predicted molar refractivity (Wildman–Crippen MR) is 66.4 cm³/mol. The fraction of sp³-hybridized carbons (Fsp3) is 0.364. The summed E-state index contributed by atoms with van der Waals surface area (Å²) >= 11 is 17.6. The molecule has 2 nitrogen and oxygen atoms in total. The molecule has 0 aromatic heterocycles. The summed E-state index contributed by atoms with van der Waals surface area (Å²) in [4.78, 5) is 11.3. The first-order valence-corrected chi connectivity index (χ1v) is 6.06. The highest BCUT2D eigenvalue weighted by Gasteiger charge is 2.11. The van der Waals surface area contributed by atoms with Crippen molar-refractivity contribution in [2.24, 2.45) is 0 Å². The van der Waals surface area contributed by atoms with Crippen LogP contribution in [0.2, 0.25) is 10.0 Å². The van der Waals surface area contributed by atoms with Crippen LogP contribution < -0.4 is 0 Å². The minimum Gasteiger partial charge on any atom is -0.466 e. The number of carbonyl (C=O) groups is 1. The lowest BCUT2D eigenvalue weighted by molar-refractivity contribution is -0.142. The van der Waals surface area contributed by atoms with Crippen molar-refractivity contribution in [3.63, 3.8) is 0 Å². The number of benzene rings is 1. The van der Waals surface area contributed by atoms with Crippen LogP contribution in [0, 0.1) is 0 Å². The van der Waals surface area contributed by atoms with E-state index in [-0.39, 0.29) is 18.3 Å². The molecule has 0 saturated heterocycles. The maximum atomic E-state index is 11.3. The molecule has 0 aliphatic carbocycles. The molecule has 88 valence electrons. The molecule has 0 bridgehead atoms. The third-order valence-corrected chi connectivity index (χ3v) is 2.99. The minimum absolute atomic E-state index is 0.120. The molecule has 0 aliphatic heterocycles. The number of ether oxygens (including phenoxy) is 1. The zero-order valence-electron chi connectivity index (χ0n) is 8.73. The smallest absolute Gasteiger partial charge is 0.310 e. The van der Waals surface area contributed by atoms with Gasteiger partial charge in [-0.15, -0.1) is 11.6 Å². The molecule has 0 N–H and O–H groups in total. The minimum atomic E-state index is -0.320. The molecule has 0 fully saturated rings. The number of halogens is 3. The van der Waals surface area contributed by atoms with Crippen molar-refractivity contribution in [2.45, 2.75) is 19.2 Å². The van der Waals surface area contributed by atoms with Crippen molar-refractivity contribution in [2.75, 3.05) is 6.61 Å². The van der Waals surface area contributed by atoms with E-state index in [1.807, 2.05) is 0 Å².